The zero-order chi connectivity index (χ0) is 45.2. The second-order valence-corrected chi connectivity index (χ2v) is 18.8. The Morgan fingerprint density at radius 3 is 1.14 bits per heavy atom. The van der Waals surface area contributed by atoms with Crippen molar-refractivity contribution in [2.24, 2.45) is 0 Å². The average molecular weight is 878 g/mol. The van der Waals surface area contributed by atoms with E-state index in [9.17, 15) is 0 Å². The summed E-state index contributed by atoms with van der Waals surface area (Å²) in [6.07, 6.45) is 6.75. The number of hydrogen-bond acceptors (Lipinski definition) is 0. The van der Waals surface area contributed by atoms with Gasteiger partial charge >= 0.3 is 0 Å². The lowest BCUT2D eigenvalue weighted by Crippen LogP contribution is -2.02. The monoisotopic (exact) mass is 877 g/mol. The van der Waals surface area contributed by atoms with E-state index in [1.54, 1.807) is 0 Å². The predicted octanol–water partition coefficient (Wildman–Crippen LogP) is 17.6. The first kappa shape index (κ1) is 38.2. The van der Waals surface area contributed by atoms with Crippen molar-refractivity contribution in [1.82, 2.24) is 13.7 Å². The van der Waals surface area contributed by atoms with Crippen LogP contribution in [0.25, 0.3) is 132 Å². The highest BCUT2D eigenvalue weighted by Gasteiger charge is 2.21. The minimum Gasteiger partial charge on any atom is -0.313 e. The molecular weight excluding hydrogens is 835 g/mol. The van der Waals surface area contributed by atoms with Crippen molar-refractivity contribution in [2.45, 2.75) is 12.8 Å². The second-order valence-electron chi connectivity index (χ2n) is 18.8. The van der Waals surface area contributed by atoms with E-state index in [0.29, 0.717) is 0 Å². The summed E-state index contributed by atoms with van der Waals surface area (Å²) in [6.45, 7) is 0. The third kappa shape index (κ3) is 5.87. The van der Waals surface area contributed by atoms with Crippen molar-refractivity contribution in [3.63, 3.8) is 0 Å². The van der Waals surface area contributed by atoms with Gasteiger partial charge in [-0.3, -0.25) is 0 Å². The lowest BCUT2D eigenvalue weighted by atomic mass is 9.97. The van der Waals surface area contributed by atoms with Crippen LogP contribution in [0.15, 0.2) is 231 Å². The second kappa shape index (κ2) is 14.8. The Kier molecular flexibility index (Phi) is 8.19. The Labute approximate surface area is 398 Å². The number of fused-ring (bicyclic) bond motifs is 12. The summed E-state index contributed by atoms with van der Waals surface area (Å²) < 4.78 is 7.38. The molecule has 0 saturated heterocycles. The van der Waals surface area contributed by atoms with Crippen LogP contribution in [0.5, 0.6) is 0 Å². The molecule has 0 N–H and O–H groups in total. The number of hydrogen-bond donors (Lipinski definition) is 0. The molecule has 0 aliphatic heterocycles. The van der Waals surface area contributed by atoms with Crippen LogP contribution in [0.2, 0.25) is 0 Å². The third-order valence-electron chi connectivity index (χ3n) is 15.0. The van der Waals surface area contributed by atoms with Crippen molar-refractivity contribution in [2.75, 3.05) is 0 Å². The summed E-state index contributed by atoms with van der Waals surface area (Å²) in [5.74, 6) is 0. The smallest absolute Gasteiger partial charge is 0.0541 e. The normalized spacial score (nSPS) is 12.8. The molecule has 3 nitrogen and oxygen atoms in total. The molecule has 0 bridgehead atoms. The van der Waals surface area contributed by atoms with E-state index in [1.807, 2.05) is 0 Å². The fraction of sp³-hybridized carbons (Fsp3) is 0.0303. The Morgan fingerprint density at radius 2 is 0.652 bits per heavy atom. The fourth-order valence-corrected chi connectivity index (χ4v) is 11.7. The van der Waals surface area contributed by atoms with Crippen LogP contribution < -0.4 is 0 Å². The Hall–Kier alpha value is -8.92. The molecule has 1 aliphatic rings. The molecule has 15 rings (SSSR count). The third-order valence-corrected chi connectivity index (χ3v) is 15.0. The highest BCUT2D eigenvalue weighted by atomic mass is 15.0. The first-order valence-electron chi connectivity index (χ1n) is 24.1. The number of benzene rings is 11. The van der Waals surface area contributed by atoms with Gasteiger partial charge in [0.05, 0.1) is 27.6 Å². The van der Waals surface area contributed by atoms with Gasteiger partial charge in [0.1, 0.15) is 0 Å². The zero-order valence-corrected chi connectivity index (χ0v) is 37.8. The van der Waals surface area contributed by atoms with Gasteiger partial charge in [0.25, 0.3) is 0 Å². The van der Waals surface area contributed by atoms with E-state index in [-0.39, 0.29) is 0 Å². The number of para-hydroxylation sites is 1. The van der Waals surface area contributed by atoms with E-state index in [1.165, 1.54) is 132 Å². The van der Waals surface area contributed by atoms with Crippen LogP contribution in [0, 0.1) is 0 Å². The molecule has 69 heavy (non-hydrogen) atoms. The van der Waals surface area contributed by atoms with Crippen molar-refractivity contribution >= 4 is 92.9 Å². The van der Waals surface area contributed by atoms with Gasteiger partial charge in [0.2, 0.25) is 0 Å². The van der Waals surface area contributed by atoms with Crippen molar-refractivity contribution in [3.8, 4) is 39.3 Å². The average Bonchev–Trinajstić information content (AvgIpc) is 4.05. The van der Waals surface area contributed by atoms with Crippen molar-refractivity contribution in [3.05, 3.63) is 242 Å². The van der Waals surface area contributed by atoms with Crippen LogP contribution in [0.1, 0.15) is 17.7 Å². The molecule has 322 valence electrons. The molecule has 0 saturated carbocycles. The first-order valence-corrected chi connectivity index (χ1v) is 24.1. The summed E-state index contributed by atoms with van der Waals surface area (Å²) in [5, 5.41) is 13.8. The summed E-state index contributed by atoms with van der Waals surface area (Å²) in [5.41, 5.74) is 17.2. The molecule has 0 radical (unpaired) electrons. The number of aromatic nitrogens is 3. The van der Waals surface area contributed by atoms with E-state index in [2.05, 4.69) is 250 Å². The molecule has 0 amide bonds. The van der Waals surface area contributed by atoms with Crippen molar-refractivity contribution < 1.29 is 0 Å². The predicted molar refractivity (Wildman–Crippen MR) is 293 cm³/mol. The van der Waals surface area contributed by atoms with Gasteiger partial charge in [-0.25, -0.2) is 0 Å². The molecule has 0 fully saturated rings. The highest BCUT2D eigenvalue weighted by Crippen LogP contribution is 2.42. The standard InChI is InChI=1S/C66H43N3/c1-4-14-45-35-52(28-21-42(45)11-1)67-61-19-9-7-17-55(61)57-38-48(24-31-63(57)67)50-26-33-65-59(40-50)60-41-51(27-34-66(60)69(65)54-30-23-44-13-3-6-16-47(44)37-54)49-25-32-64-58(39-49)56-18-8-10-20-62(56)68(64)53-29-22-43-12-2-5-15-46(43)36-53/h1-9,11-19,21-41H,10,20H2. The number of nitrogens with zero attached hydrogens (tertiary/aromatic N) is 3. The molecule has 0 spiro atoms. The maximum atomic E-state index is 2.50. The molecule has 0 atom stereocenters. The van der Waals surface area contributed by atoms with Crippen LogP contribution in [-0.4, -0.2) is 13.7 Å². The van der Waals surface area contributed by atoms with Gasteiger partial charge in [0, 0.05) is 55.3 Å². The minimum atomic E-state index is 1.02. The molecule has 0 unspecified atom stereocenters. The van der Waals surface area contributed by atoms with Crippen LogP contribution in [0.4, 0.5) is 0 Å². The first-order chi connectivity index (χ1) is 34.2. The topological polar surface area (TPSA) is 14.8 Å². The lowest BCUT2D eigenvalue weighted by molar-refractivity contribution is 0.889. The van der Waals surface area contributed by atoms with Crippen LogP contribution in [0.3, 0.4) is 0 Å². The van der Waals surface area contributed by atoms with Crippen molar-refractivity contribution in [1.29, 1.82) is 0 Å². The molecular formula is C66H43N3. The largest absolute Gasteiger partial charge is 0.313 e. The summed E-state index contributed by atoms with van der Waals surface area (Å²) in [7, 11) is 0. The van der Waals surface area contributed by atoms with E-state index in [4.69, 9.17) is 0 Å². The van der Waals surface area contributed by atoms with E-state index >= 15 is 0 Å². The summed E-state index contributed by atoms with van der Waals surface area (Å²) >= 11 is 0. The SMILES string of the molecule is C1=Cc2c(n(-c3ccc4ccccc4c3)c3ccc(-c4ccc5c(c4)c4cc(-c6ccc7c(c6)c6ccccc6n7-c6ccc7ccccc7c6)ccc4n5-c4ccc5ccccc5c4)cc23)CC1. The number of rotatable bonds is 5. The zero-order valence-electron chi connectivity index (χ0n) is 37.8. The van der Waals surface area contributed by atoms with Gasteiger partial charge in [-0.15, -0.1) is 0 Å². The Bertz CT molecular complexity index is 4490. The molecule has 3 heterocycles. The molecule has 11 aromatic carbocycles. The maximum absolute atomic E-state index is 2.50. The number of allylic oxidation sites excluding steroid dienone is 1. The highest BCUT2D eigenvalue weighted by molar-refractivity contribution is 6.14. The van der Waals surface area contributed by atoms with Gasteiger partial charge in [-0.05, 0) is 158 Å². The molecule has 1 aliphatic carbocycles. The van der Waals surface area contributed by atoms with Crippen LogP contribution in [-0.2, 0) is 6.42 Å². The quantitative estimate of drug-likeness (QED) is 0.164. The minimum absolute atomic E-state index is 1.02. The molecule has 14 aromatic rings. The summed E-state index contributed by atoms with van der Waals surface area (Å²) in [6, 6.07) is 83.6. The van der Waals surface area contributed by atoms with Gasteiger partial charge in [-0.1, -0.05) is 146 Å². The van der Waals surface area contributed by atoms with Gasteiger partial charge in [0.15, 0.2) is 0 Å². The Morgan fingerprint density at radius 1 is 0.275 bits per heavy atom. The summed E-state index contributed by atoms with van der Waals surface area (Å²) in [4.78, 5) is 0. The van der Waals surface area contributed by atoms with E-state index in [0.717, 1.165) is 18.5 Å². The fourth-order valence-electron chi connectivity index (χ4n) is 11.7. The van der Waals surface area contributed by atoms with Gasteiger partial charge < -0.3 is 13.7 Å². The maximum Gasteiger partial charge on any atom is 0.0541 e. The molecule has 3 aromatic heterocycles. The van der Waals surface area contributed by atoms with Crippen LogP contribution >= 0.6 is 0 Å². The van der Waals surface area contributed by atoms with E-state index < -0.39 is 0 Å². The molecule has 3 heteroatoms. The van der Waals surface area contributed by atoms with Gasteiger partial charge in [-0.2, -0.15) is 0 Å². The lowest BCUT2D eigenvalue weighted by Gasteiger charge is -2.14. The Balaban J connectivity index is 0.908.